The molecule has 0 radical (unpaired) electrons. The summed E-state index contributed by atoms with van der Waals surface area (Å²) in [6.45, 7) is 7.57. The zero-order valence-corrected chi connectivity index (χ0v) is 20.5. The van der Waals surface area contributed by atoms with Crippen molar-refractivity contribution in [1.82, 2.24) is 5.32 Å². The molecule has 2 atom stereocenters. The molecule has 3 N–H and O–H groups in total. The number of phenolic OH excluding ortho intramolecular Hbond substituents is 1. The van der Waals surface area contributed by atoms with Crippen molar-refractivity contribution < 1.29 is 42.9 Å². The highest BCUT2D eigenvalue weighted by molar-refractivity contribution is 7.52. The molecular formula is C22H32NO9P. The van der Waals surface area contributed by atoms with Crippen LogP contribution in [0.2, 0.25) is 0 Å². The van der Waals surface area contributed by atoms with Gasteiger partial charge in [-0.05, 0) is 39.7 Å². The van der Waals surface area contributed by atoms with Crippen LogP contribution in [0.5, 0.6) is 11.5 Å². The zero-order valence-electron chi connectivity index (χ0n) is 19.6. The number of esters is 2. The molecule has 33 heavy (non-hydrogen) atoms. The molecule has 1 aromatic carbocycles. The van der Waals surface area contributed by atoms with Crippen LogP contribution in [0.25, 0.3) is 0 Å². The number of carbonyl (C=O) groups excluding carboxylic acids is 2. The summed E-state index contributed by atoms with van der Waals surface area (Å²) < 4.78 is 32.4. The van der Waals surface area contributed by atoms with Crippen molar-refractivity contribution in [3.05, 3.63) is 33.9 Å². The van der Waals surface area contributed by atoms with Gasteiger partial charge in [-0.15, -0.1) is 0 Å². The SMILES string of the molecule is CCOC(=O)[C@H](C)OP(=O)(O)CCNCC(C)=CCc1c(O)c2c(c(C)c1OC)COC2=O. The second-order valence-electron chi connectivity index (χ2n) is 7.71. The first-order valence-corrected chi connectivity index (χ1v) is 12.4. The Hall–Kier alpha value is -2.39. The van der Waals surface area contributed by atoms with Crippen molar-refractivity contribution >= 4 is 19.5 Å². The number of carbonyl (C=O) groups is 2. The predicted molar refractivity (Wildman–Crippen MR) is 121 cm³/mol. The molecule has 0 fully saturated rings. The van der Waals surface area contributed by atoms with Crippen LogP contribution in [-0.2, 0) is 36.4 Å². The molecule has 0 amide bonds. The van der Waals surface area contributed by atoms with Crippen molar-refractivity contribution in [3.63, 3.8) is 0 Å². The van der Waals surface area contributed by atoms with E-state index in [0.29, 0.717) is 29.8 Å². The molecule has 1 aliphatic rings. The number of aromatic hydroxyl groups is 1. The molecule has 0 aromatic heterocycles. The summed E-state index contributed by atoms with van der Waals surface area (Å²) in [6.07, 6.45) is 0.889. The van der Waals surface area contributed by atoms with E-state index in [2.05, 4.69) is 5.32 Å². The van der Waals surface area contributed by atoms with E-state index in [0.717, 1.165) is 11.1 Å². The largest absolute Gasteiger partial charge is 0.507 e. The molecule has 1 aliphatic heterocycles. The van der Waals surface area contributed by atoms with Crippen LogP contribution >= 0.6 is 7.60 Å². The Morgan fingerprint density at radius 2 is 2.09 bits per heavy atom. The third-order valence-electron chi connectivity index (χ3n) is 5.22. The summed E-state index contributed by atoms with van der Waals surface area (Å²) >= 11 is 0. The lowest BCUT2D eigenvalue weighted by Gasteiger charge is -2.17. The van der Waals surface area contributed by atoms with E-state index in [1.807, 2.05) is 19.9 Å². The van der Waals surface area contributed by atoms with Gasteiger partial charge in [0.25, 0.3) is 0 Å². The molecule has 0 spiro atoms. The molecular weight excluding hydrogens is 453 g/mol. The second kappa shape index (κ2) is 11.7. The second-order valence-corrected chi connectivity index (χ2v) is 9.64. The highest BCUT2D eigenvalue weighted by Crippen LogP contribution is 2.43. The van der Waals surface area contributed by atoms with Gasteiger partial charge in [0.15, 0.2) is 6.10 Å². The van der Waals surface area contributed by atoms with Gasteiger partial charge in [0.05, 0.1) is 19.9 Å². The Morgan fingerprint density at radius 3 is 2.73 bits per heavy atom. The lowest BCUT2D eigenvalue weighted by atomic mass is 9.95. The molecule has 1 unspecified atom stereocenters. The van der Waals surface area contributed by atoms with E-state index in [1.165, 1.54) is 14.0 Å². The molecule has 0 bridgehead atoms. The number of fused-ring (bicyclic) bond motifs is 1. The van der Waals surface area contributed by atoms with Crippen molar-refractivity contribution in [2.24, 2.45) is 0 Å². The Bertz CT molecular complexity index is 973. The normalized spacial score (nSPS) is 16.1. The third kappa shape index (κ3) is 6.80. The summed E-state index contributed by atoms with van der Waals surface area (Å²) in [6, 6.07) is 0. The Kier molecular flexibility index (Phi) is 9.48. The van der Waals surface area contributed by atoms with Gasteiger partial charge >= 0.3 is 19.5 Å². The first-order valence-electron chi connectivity index (χ1n) is 10.6. The highest BCUT2D eigenvalue weighted by Gasteiger charge is 2.32. The Morgan fingerprint density at radius 1 is 1.39 bits per heavy atom. The van der Waals surface area contributed by atoms with Crippen LogP contribution in [0.4, 0.5) is 0 Å². The maximum Gasteiger partial charge on any atom is 0.342 e. The maximum atomic E-state index is 12.1. The first kappa shape index (κ1) is 26.9. The first-order chi connectivity index (χ1) is 15.5. The molecule has 0 aliphatic carbocycles. The van der Waals surface area contributed by atoms with Crippen LogP contribution in [0.15, 0.2) is 11.6 Å². The quantitative estimate of drug-likeness (QED) is 0.175. The maximum absolute atomic E-state index is 12.1. The lowest BCUT2D eigenvalue weighted by Crippen LogP contribution is -2.25. The predicted octanol–water partition coefficient (Wildman–Crippen LogP) is 2.61. The summed E-state index contributed by atoms with van der Waals surface area (Å²) in [5, 5.41) is 13.7. The number of benzene rings is 1. The van der Waals surface area contributed by atoms with Gasteiger partial charge in [0.1, 0.15) is 23.7 Å². The van der Waals surface area contributed by atoms with Crippen LogP contribution < -0.4 is 10.1 Å². The lowest BCUT2D eigenvalue weighted by molar-refractivity contribution is -0.150. The van der Waals surface area contributed by atoms with Gasteiger partial charge in [0.2, 0.25) is 0 Å². The highest BCUT2D eigenvalue weighted by atomic mass is 31.2. The van der Waals surface area contributed by atoms with Crippen molar-refractivity contribution in [1.29, 1.82) is 0 Å². The van der Waals surface area contributed by atoms with Crippen LogP contribution in [0.1, 0.15) is 47.8 Å². The molecule has 0 saturated carbocycles. The number of cyclic esters (lactones) is 1. The van der Waals surface area contributed by atoms with Crippen molar-refractivity contribution in [2.45, 2.75) is 46.8 Å². The fourth-order valence-electron chi connectivity index (χ4n) is 3.48. The van der Waals surface area contributed by atoms with Gasteiger partial charge in [-0.2, -0.15) is 0 Å². The van der Waals surface area contributed by atoms with E-state index < -0.39 is 25.6 Å². The molecule has 184 valence electrons. The summed E-state index contributed by atoms with van der Waals surface area (Å²) in [5.41, 5.74) is 2.97. The smallest absolute Gasteiger partial charge is 0.342 e. The Labute approximate surface area is 193 Å². The molecule has 1 heterocycles. The van der Waals surface area contributed by atoms with Crippen molar-refractivity contribution in [3.8, 4) is 11.5 Å². The van der Waals surface area contributed by atoms with E-state index >= 15 is 0 Å². The minimum atomic E-state index is -3.96. The van der Waals surface area contributed by atoms with Crippen LogP contribution in [0, 0.1) is 6.92 Å². The monoisotopic (exact) mass is 485 g/mol. The minimum Gasteiger partial charge on any atom is -0.507 e. The molecule has 10 nitrogen and oxygen atoms in total. The molecule has 0 saturated heterocycles. The summed E-state index contributed by atoms with van der Waals surface area (Å²) in [4.78, 5) is 33.5. The molecule has 1 aromatic rings. The van der Waals surface area contributed by atoms with Gasteiger partial charge < -0.3 is 29.5 Å². The number of allylic oxidation sites excluding steroid dienone is 1. The number of hydrogen-bond acceptors (Lipinski definition) is 9. The number of rotatable bonds is 12. The minimum absolute atomic E-state index is 0.111. The summed E-state index contributed by atoms with van der Waals surface area (Å²) in [5.74, 6) is -0.867. The number of methoxy groups -OCH3 is 1. The van der Waals surface area contributed by atoms with E-state index in [1.54, 1.807) is 6.92 Å². The van der Waals surface area contributed by atoms with E-state index in [-0.39, 0.29) is 37.2 Å². The van der Waals surface area contributed by atoms with Crippen LogP contribution in [-0.4, -0.2) is 61.0 Å². The number of phenols is 1. The standard InChI is InChI=1S/C22H32NO9P/c1-6-30-21(25)15(4)32-33(27,28)10-9-23-11-13(2)7-8-16-19(24)18-17(12-31-22(18)26)14(3)20(16)29-5/h7,15,23-24H,6,8-12H2,1-5H3,(H,27,28)/t15-/m0/s1. The zero-order chi connectivity index (χ0) is 24.8. The van der Waals surface area contributed by atoms with E-state index in [9.17, 15) is 24.2 Å². The third-order valence-corrected chi connectivity index (χ3v) is 6.65. The Balaban J connectivity index is 1.94. The fraction of sp³-hybridized carbons (Fsp3) is 0.545. The fourth-order valence-corrected chi connectivity index (χ4v) is 4.61. The number of ether oxygens (including phenoxy) is 3. The number of hydrogen-bond donors (Lipinski definition) is 3. The van der Waals surface area contributed by atoms with Gasteiger partial charge in [0, 0.05) is 24.2 Å². The topological polar surface area (TPSA) is 141 Å². The number of nitrogens with one attached hydrogen (secondary N) is 1. The van der Waals surface area contributed by atoms with Crippen LogP contribution in [0.3, 0.4) is 0 Å². The average Bonchev–Trinajstić information content (AvgIpc) is 3.14. The summed E-state index contributed by atoms with van der Waals surface area (Å²) in [7, 11) is -2.46. The van der Waals surface area contributed by atoms with Gasteiger partial charge in [-0.1, -0.05) is 11.6 Å². The molecule has 2 rings (SSSR count). The van der Waals surface area contributed by atoms with Crippen molar-refractivity contribution in [2.75, 3.05) is 33.0 Å². The average molecular weight is 485 g/mol. The van der Waals surface area contributed by atoms with E-state index in [4.69, 9.17) is 18.7 Å². The van der Waals surface area contributed by atoms with Gasteiger partial charge in [-0.25, -0.2) is 9.59 Å². The van der Waals surface area contributed by atoms with Gasteiger partial charge in [-0.3, -0.25) is 9.09 Å². The molecule has 11 heteroatoms.